The number of thiazole rings is 1. The molecule has 1 aliphatic rings. The summed E-state index contributed by atoms with van der Waals surface area (Å²) in [6, 6.07) is 22.7. The highest BCUT2D eigenvalue weighted by Gasteiger charge is 2.33. The highest BCUT2D eigenvalue weighted by molar-refractivity contribution is 7.92. The maximum Gasteiger partial charge on any atom is 0.261 e. The molecule has 0 saturated carbocycles. The number of carbonyl (C=O) groups excluding carboxylic acids is 1. The van der Waals surface area contributed by atoms with E-state index in [-0.39, 0.29) is 16.8 Å². The Morgan fingerprint density at radius 2 is 1.69 bits per heavy atom. The molecular weight excluding hydrogens is 442 g/mol. The molecule has 1 amide bonds. The largest absolute Gasteiger partial charge is 0.329 e. The molecule has 4 aromatic rings. The Balaban J connectivity index is 1.36. The van der Waals surface area contributed by atoms with Crippen LogP contribution in [0.1, 0.15) is 34.2 Å². The molecule has 5 rings (SSSR count). The van der Waals surface area contributed by atoms with Crippen molar-refractivity contribution in [2.45, 2.75) is 23.8 Å². The van der Waals surface area contributed by atoms with Crippen molar-refractivity contribution in [3.63, 3.8) is 0 Å². The van der Waals surface area contributed by atoms with Gasteiger partial charge in [0.15, 0.2) is 0 Å². The van der Waals surface area contributed by atoms with Gasteiger partial charge in [-0.15, -0.1) is 11.3 Å². The van der Waals surface area contributed by atoms with Gasteiger partial charge in [0, 0.05) is 17.8 Å². The van der Waals surface area contributed by atoms with Crippen LogP contribution in [-0.4, -0.2) is 30.8 Å². The van der Waals surface area contributed by atoms with E-state index in [4.69, 9.17) is 4.98 Å². The zero-order chi connectivity index (χ0) is 22.1. The predicted molar refractivity (Wildman–Crippen MR) is 126 cm³/mol. The van der Waals surface area contributed by atoms with Gasteiger partial charge in [0.1, 0.15) is 5.01 Å². The lowest BCUT2D eigenvalue weighted by Crippen LogP contribution is -2.30. The monoisotopic (exact) mass is 463 g/mol. The van der Waals surface area contributed by atoms with Crippen LogP contribution in [0.2, 0.25) is 0 Å². The Morgan fingerprint density at radius 3 is 2.44 bits per heavy atom. The predicted octanol–water partition coefficient (Wildman–Crippen LogP) is 5.07. The average molecular weight is 464 g/mol. The van der Waals surface area contributed by atoms with E-state index in [1.165, 1.54) is 12.1 Å². The Labute approximate surface area is 190 Å². The van der Waals surface area contributed by atoms with Crippen molar-refractivity contribution >= 4 is 43.2 Å². The summed E-state index contributed by atoms with van der Waals surface area (Å²) in [6.07, 6.45) is 1.79. The summed E-state index contributed by atoms with van der Waals surface area (Å²) in [7, 11) is -3.73. The Hall–Kier alpha value is -3.23. The van der Waals surface area contributed by atoms with Crippen LogP contribution in [0.25, 0.3) is 10.2 Å². The van der Waals surface area contributed by atoms with Crippen LogP contribution in [0.5, 0.6) is 0 Å². The molecule has 6 nitrogen and oxygen atoms in total. The van der Waals surface area contributed by atoms with E-state index in [9.17, 15) is 13.2 Å². The Morgan fingerprint density at radius 1 is 0.969 bits per heavy atom. The lowest BCUT2D eigenvalue weighted by molar-refractivity contribution is 0.0735. The molecule has 0 unspecified atom stereocenters. The number of hydrogen-bond donors (Lipinski definition) is 1. The molecule has 1 fully saturated rings. The van der Waals surface area contributed by atoms with E-state index in [1.807, 2.05) is 35.2 Å². The number of likely N-dealkylation sites (tertiary alicyclic amines) is 1. The second kappa shape index (κ2) is 8.37. The van der Waals surface area contributed by atoms with Gasteiger partial charge in [-0.1, -0.05) is 30.3 Å². The van der Waals surface area contributed by atoms with Gasteiger partial charge in [-0.3, -0.25) is 9.52 Å². The van der Waals surface area contributed by atoms with Crippen molar-refractivity contribution in [2.75, 3.05) is 11.3 Å². The molecule has 0 bridgehead atoms. The second-order valence-electron chi connectivity index (χ2n) is 7.67. The van der Waals surface area contributed by atoms with Gasteiger partial charge in [0.05, 0.1) is 21.2 Å². The number of hydrogen-bond acceptors (Lipinski definition) is 5. The minimum Gasteiger partial charge on any atom is -0.329 e. The van der Waals surface area contributed by atoms with E-state index >= 15 is 0 Å². The number of aromatic nitrogens is 1. The van der Waals surface area contributed by atoms with Crippen LogP contribution in [0.15, 0.2) is 83.8 Å². The minimum atomic E-state index is -3.73. The normalized spacial score (nSPS) is 16.4. The van der Waals surface area contributed by atoms with E-state index < -0.39 is 10.0 Å². The molecule has 8 heteroatoms. The fourth-order valence-electron chi connectivity index (χ4n) is 3.96. The number of carbonyl (C=O) groups is 1. The van der Waals surface area contributed by atoms with Gasteiger partial charge >= 0.3 is 0 Å². The minimum absolute atomic E-state index is 0.0527. The van der Waals surface area contributed by atoms with Gasteiger partial charge in [0.2, 0.25) is 0 Å². The topological polar surface area (TPSA) is 79.4 Å². The fraction of sp³-hybridized carbons (Fsp3) is 0.167. The van der Waals surface area contributed by atoms with Crippen LogP contribution in [-0.2, 0) is 10.0 Å². The number of sulfonamides is 1. The molecule has 1 aliphatic heterocycles. The summed E-state index contributed by atoms with van der Waals surface area (Å²) in [5.41, 5.74) is 1.91. The van der Waals surface area contributed by atoms with E-state index in [0.717, 1.165) is 28.1 Å². The maximum absolute atomic E-state index is 13.2. The zero-order valence-corrected chi connectivity index (χ0v) is 18.8. The summed E-state index contributed by atoms with van der Waals surface area (Å²) in [6.45, 7) is 0.662. The van der Waals surface area contributed by atoms with E-state index in [0.29, 0.717) is 17.8 Å². The number of benzene rings is 3. The van der Waals surface area contributed by atoms with Crippen molar-refractivity contribution in [3.8, 4) is 0 Å². The first kappa shape index (κ1) is 20.7. The average Bonchev–Trinajstić information content (AvgIpc) is 3.46. The third-order valence-corrected chi connectivity index (χ3v) is 8.08. The molecule has 1 saturated heterocycles. The maximum atomic E-state index is 13.2. The van der Waals surface area contributed by atoms with Gasteiger partial charge in [0.25, 0.3) is 15.9 Å². The third kappa shape index (κ3) is 3.99. The number of fused-ring (bicyclic) bond motifs is 1. The molecule has 1 aromatic heterocycles. The second-order valence-corrected chi connectivity index (χ2v) is 10.4. The SMILES string of the molecule is O=C(c1ccc(S(=O)(=O)Nc2ccccc2)cc1)N1CCC[C@@H]1c1nc2ccccc2s1. The standard InChI is InChI=1S/C24H21N3O3S2/c28-24(27-16-6-10-21(27)23-25-20-9-4-5-11-22(20)31-23)17-12-14-19(15-13-17)32(29,30)26-18-7-2-1-3-8-18/h1-5,7-9,11-15,21,26H,6,10,16H2/t21-/m1/s1. The van der Waals surface area contributed by atoms with E-state index in [2.05, 4.69) is 4.72 Å². The van der Waals surface area contributed by atoms with Gasteiger partial charge in [-0.25, -0.2) is 13.4 Å². The number of nitrogens with zero attached hydrogens (tertiary/aromatic N) is 2. The van der Waals surface area contributed by atoms with Crippen molar-refractivity contribution in [3.05, 3.63) is 89.4 Å². The molecule has 1 N–H and O–H groups in total. The van der Waals surface area contributed by atoms with E-state index in [1.54, 1.807) is 47.7 Å². The molecule has 162 valence electrons. The Kier molecular flexibility index (Phi) is 5.40. The first-order valence-corrected chi connectivity index (χ1v) is 12.7. The summed E-state index contributed by atoms with van der Waals surface area (Å²) >= 11 is 1.63. The molecule has 32 heavy (non-hydrogen) atoms. The molecule has 3 aromatic carbocycles. The fourth-order valence-corrected chi connectivity index (χ4v) is 6.14. The quantitative estimate of drug-likeness (QED) is 0.448. The zero-order valence-electron chi connectivity index (χ0n) is 17.1. The molecular formula is C24H21N3O3S2. The highest BCUT2D eigenvalue weighted by Crippen LogP contribution is 2.37. The first-order valence-electron chi connectivity index (χ1n) is 10.4. The van der Waals surface area contributed by atoms with Crippen LogP contribution in [0.4, 0.5) is 5.69 Å². The van der Waals surface area contributed by atoms with Gasteiger partial charge in [-0.05, 0) is 61.4 Å². The van der Waals surface area contributed by atoms with Gasteiger partial charge < -0.3 is 4.90 Å². The highest BCUT2D eigenvalue weighted by atomic mass is 32.2. The molecule has 0 radical (unpaired) electrons. The van der Waals surface area contributed by atoms with Crippen LogP contribution in [0, 0.1) is 0 Å². The van der Waals surface area contributed by atoms with Crippen LogP contribution in [0.3, 0.4) is 0 Å². The van der Waals surface area contributed by atoms with Crippen molar-refractivity contribution in [1.29, 1.82) is 0 Å². The number of para-hydroxylation sites is 2. The molecule has 2 heterocycles. The number of amides is 1. The number of anilines is 1. The van der Waals surface area contributed by atoms with Crippen molar-refractivity contribution < 1.29 is 13.2 Å². The summed E-state index contributed by atoms with van der Waals surface area (Å²) < 4.78 is 29.0. The summed E-state index contributed by atoms with van der Waals surface area (Å²) in [4.78, 5) is 19.9. The molecule has 1 atom stereocenters. The third-order valence-electron chi connectivity index (χ3n) is 5.55. The summed E-state index contributed by atoms with van der Waals surface area (Å²) in [5, 5.41) is 0.948. The molecule has 0 aliphatic carbocycles. The number of rotatable bonds is 5. The van der Waals surface area contributed by atoms with Crippen molar-refractivity contribution in [1.82, 2.24) is 9.88 Å². The smallest absolute Gasteiger partial charge is 0.261 e. The van der Waals surface area contributed by atoms with Gasteiger partial charge in [-0.2, -0.15) is 0 Å². The lowest BCUT2D eigenvalue weighted by Gasteiger charge is -2.23. The van der Waals surface area contributed by atoms with Crippen LogP contribution >= 0.6 is 11.3 Å². The Bertz CT molecular complexity index is 1330. The lowest BCUT2D eigenvalue weighted by atomic mass is 10.1. The molecule has 0 spiro atoms. The van der Waals surface area contributed by atoms with Crippen LogP contribution < -0.4 is 4.72 Å². The van der Waals surface area contributed by atoms with Crippen molar-refractivity contribution in [2.24, 2.45) is 0 Å². The summed E-state index contributed by atoms with van der Waals surface area (Å²) in [5.74, 6) is -0.105. The number of nitrogens with one attached hydrogen (secondary N) is 1. The first-order chi connectivity index (χ1) is 15.5.